The van der Waals surface area contributed by atoms with Crippen LogP contribution in [0.25, 0.3) is 0 Å². The lowest BCUT2D eigenvalue weighted by Gasteiger charge is -2.35. The second-order valence-electron chi connectivity index (χ2n) is 8.15. The number of carbonyl (C=O) groups is 1. The molecule has 0 saturated carbocycles. The number of rotatable bonds is 8. The van der Waals surface area contributed by atoms with Crippen molar-refractivity contribution in [2.24, 2.45) is 5.92 Å². The van der Waals surface area contributed by atoms with Gasteiger partial charge in [-0.1, -0.05) is 12.1 Å². The molecule has 1 aromatic carbocycles. The summed E-state index contributed by atoms with van der Waals surface area (Å²) in [4.78, 5) is 15.0. The lowest BCUT2D eigenvalue weighted by molar-refractivity contribution is -0.158. The average molecular weight is 407 g/mol. The van der Waals surface area contributed by atoms with E-state index in [-0.39, 0.29) is 18.6 Å². The molecule has 2 aliphatic heterocycles. The van der Waals surface area contributed by atoms with Crippen LogP contribution < -0.4 is 10.1 Å². The van der Waals surface area contributed by atoms with E-state index in [1.807, 2.05) is 24.3 Å². The monoisotopic (exact) mass is 406 g/mol. The van der Waals surface area contributed by atoms with Crippen LogP contribution in [0.4, 0.5) is 0 Å². The molecule has 3 atom stereocenters. The largest absolute Gasteiger partial charge is 0.497 e. The second kappa shape index (κ2) is 10.9. The van der Waals surface area contributed by atoms with Crippen molar-refractivity contribution in [3.8, 4) is 5.75 Å². The number of amides is 1. The fourth-order valence-electron chi connectivity index (χ4n) is 4.08. The third-order valence-corrected chi connectivity index (χ3v) is 6.09. The van der Waals surface area contributed by atoms with Gasteiger partial charge in [0.2, 0.25) is 0 Å². The number of hydrogen-bond donors (Lipinski definition) is 3. The van der Waals surface area contributed by atoms with Crippen LogP contribution >= 0.6 is 0 Å². The summed E-state index contributed by atoms with van der Waals surface area (Å²) in [5, 5.41) is 22.4. The molecule has 2 saturated heterocycles. The van der Waals surface area contributed by atoms with E-state index in [2.05, 4.69) is 10.2 Å². The number of aliphatic hydroxyl groups is 2. The van der Waals surface area contributed by atoms with Crippen molar-refractivity contribution in [3.63, 3.8) is 0 Å². The van der Waals surface area contributed by atoms with E-state index in [0.29, 0.717) is 18.9 Å². The summed E-state index contributed by atoms with van der Waals surface area (Å²) >= 11 is 0. The Labute approximate surface area is 173 Å². The van der Waals surface area contributed by atoms with Gasteiger partial charge < -0.3 is 29.9 Å². The fourth-order valence-corrected chi connectivity index (χ4v) is 4.08. The minimum atomic E-state index is -0.813. The number of aliphatic hydroxyl groups excluding tert-OH is 2. The molecular formula is C22H34N2O5. The summed E-state index contributed by atoms with van der Waals surface area (Å²) in [5.74, 6) is 0.947. The van der Waals surface area contributed by atoms with Crippen LogP contribution in [0, 0.1) is 5.92 Å². The van der Waals surface area contributed by atoms with Gasteiger partial charge in [0, 0.05) is 19.7 Å². The zero-order valence-corrected chi connectivity index (χ0v) is 17.3. The zero-order valence-electron chi connectivity index (χ0n) is 17.3. The van der Waals surface area contributed by atoms with E-state index in [0.717, 1.165) is 56.6 Å². The Morgan fingerprint density at radius 1 is 1.21 bits per heavy atom. The molecule has 0 radical (unpaired) electrons. The highest BCUT2D eigenvalue weighted by molar-refractivity contribution is 5.81. The van der Waals surface area contributed by atoms with Crippen molar-refractivity contribution in [2.45, 2.75) is 57.0 Å². The van der Waals surface area contributed by atoms with Crippen molar-refractivity contribution in [1.29, 1.82) is 0 Å². The van der Waals surface area contributed by atoms with Crippen molar-refractivity contribution in [3.05, 3.63) is 29.8 Å². The van der Waals surface area contributed by atoms with Crippen molar-refractivity contribution >= 4 is 5.91 Å². The summed E-state index contributed by atoms with van der Waals surface area (Å²) in [6.07, 6.45) is 2.71. The number of nitrogens with zero attached hydrogens (tertiary/aromatic N) is 1. The quantitative estimate of drug-likeness (QED) is 0.603. The van der Waals surface area contributed by atoms with Gasteiger partial charge in [0.15, 0.2) is 6.10 Å². The minimum absolute atomic E-state index is 0.00861. The Kier molecular flexibility index (Phi) is 8.29. The molecule has 162 valence electrons. The van der Waals surface area contributed by atoms with Gasteiger partial charge in [0.05, 0.1) is 19.3 Å². The molecule has 0 unspecified atom stereocenters. The topological polar surface area (TPSA) is 91.3 Å². The predicted octanol–water partition coefficient (Wildman–Crippen LogP) is 1.31. The van der Waals surface area contributed by atoms with E-state index in [1.165, 1.54) is 0 Å². The molecule has 3 rings (SSSR count). The third-order valence-electron chi connectivity index (χ3n) is 6.09. The van der Waals surface area contributed by atoms with Crippen LogP contribution in [0.1, 0.15) is 37.7 Å². The van der Waals surface area contributed by atoms with Crippen molar-refractivity contribution < 1.29 is 24.5 Å². The molecule has 0 spiro atoms. The molecule has 7 heteroatoms. The third kappa shape index (κ3) is 6.40. The lowest BCUT2D eigenvalue weighted by Crippen LogP contribution is -2.49. The molecular weight excluding hydrogens is 372 g/mol. The maximum Gasteiger partial charge on any atom is 0.252 e. The molecule has 1 amide bonds. The number of hydrogen-bond acceptors (Lipinski definition) is 6. The highest BCUT2D eigenvalue weighted by atomic mass is 16.5. The normalized spacial score (nSPS) is 26.2. The van der Waals surface area contributed by atoms with Crippen LogP contribution in [0.2, 0.25) is 0 Å². The Balaban J connectivity index is 1.42. The maximum atomic E-state index is 12.6. The molecule has 1 aromatic rings. The van der Waals surface area contributed by atoms with Gasteiger partial charge in [-0.3, -0.25) is 4.79 Å². The first-order chi connectivity index (χ1) is 14.1. The van der Waals surface area contributed by atoms with Crippen LogP contribution in [-0.4, -0.2) is 72.7 Å². The first-order valence-corrected chi connectivity index (χ1v) is 10.7. The van der Waals surface area contributed by atoms with Gasteiger partial charge in [-0.15, -0.1) is 0 Å². The number of methoxy groups -OCH3 is 1. The molecule has 0 aromatic heterocycles. The Morgan fingerprint density at radius 2 is 1.93 bits per heavy atom. The number of ether oxygens (including phenoxy) is 2. The van der Waals surface area contributed by atoms with E-state index in [4.69, 9.17) is 9.47 Å². The standard InChI is InChI=1S/C22H34N2O5/c1-28-18-4-2-16(3-5-18)14-23-22(27)21-20(26)7-6-19(29-21)10-13-24-11-8-17(15-25)9-12-24/h2-5,17,19-21,25-26H,6-15H2,1H3,(H,23,27)/t19-,20-,21+/m0/s1. The average Bonchev–Trinajstić information content (AvgIpc) is 2.77. The molecule has 0 aliphatic carbocycles. The highest BCUT2D eigenvalue weighted by Gasteiger charge is 2.35. The van der Waals surface area contributed by atoms with Crippen LogP contribution in [0.3, 0.4) is 0 Å². The summed E-state index contributed by atoms with van der Waals surface area (Å²) in [6, 6.07) is 7.51. The first-order valence-electron chi connectivity index (χ1n) is 10.7. The van der Waals surface area contributed by atoms with Gasteiger partial charge in [-0.05, 0) is 68.8 Å². The Bertz CT molecular complexity index is 631. The molecule has 3 N–H and O–H groups in total. The van der Waals surface area contributed by atoms with Gasteiger partial charge in [-0.2, -0.15) is 0 Å². The van der Waals surface area contributed by atoms with E-state index >= 15 is 0 Å². The number of nitrogens with one attached hydrogen (secondary N) is 1. The minimum Gasteiger partial charge on any atom is -0.497 e. The van der Waals surface area contributed by atoms with Crippen LogP contribution in [0.15, 0.2) is 24.3 Å². The van der Waals surface area contributed by atoms with E-state index < -0.39 is 12.2 Å². The first kappa shape index (κ1) is 22.0. The predicted molar refractivity (Wildman–Crippen MR) is 110 cm³/mol. The van der Waals surface area contributed by atoms with Crippen molar-refractivity contribution in [1.82, 2.24) is 10.2 Å². The van der Waals surface area contributed by atoms with Gasteiger partial charge in [0.25, 0.3) is 5.91 Å². The Hall–Kier alpha value is -1.67. The van der Waals surface area contributed by atoms with Crippen LogP contribution in [-0.2, 0) is 16.1 Å². The van der Waals surface area contributed by atoms with E-state index in [9.17, 15) is 15.0 Å². The molecule has 29 heavy (non-hydrogen) atoms. The fraction of sp³-hybridized carbons (Fsp3) is 0.682. The SMILES string of the molecule is COc1ccc(CNC(=O)[C@@H]2O[C@H](CCN3CCC(CO)CC3)CC[C@@H]2O)cc1. The number of benzene rings is 1. The van der Waals surface area contributed by atoms with Gasteiger partial charge in [0.1, 0.15) is 5.75 Å². The molecule has 2 aliphatic rings. The Morgan fingerprint density at radius 3 is 2.59 bits per heavy atom. The number of piperidine rings is 1. The summed E-state index contributed by atoms with van der Waals surface area (Å²) in [6.45, 7) is 3.61. The molecule has 2 fully saturated rings. The number of likely N-dealkylation sites (tertiary alicyclic amines) is 1. The highest BCUT2D eigenvalue weighted by Crippen LogP contribution is 2.24. The zero-order chi connectivity index (χ0) is 20.6. The van der Waals surface area contributed by atoms with Gasteiger partial charge in [-0.25, -0.2) is 0 Å². The summed E-state index contributed by atoms with van der Waals surface area (Å²) in [5.41, 5.74) is 0.965. The molecule has 2 heterocycles. The maximum absolute atomic E-state index is 12.6. The van der Waals surface area contributed by atoms with Gasteiger partial charge >= 0.3 is 0 Å². The van der Waals surface area contributed by atoms with Crippen molar-refractivity contribution in [2.75, 3.05) is 33.4 Å². The molecule has 0 bridgehead atoms. The molecule has 7 nitrogen and oxygen atoms in total. The van der Waals surface area contributed by atoms with E-state index in [1.54, 1.807) is 7.11 Å². The number of carbonyl (C=O) groups excluding carboxylic acids is 1. The second-order valence-corrected chi connectivity index (χ2v) is 8.15. The van der Waals surface area contributed by atoms with Crippen LogP contribution in [0.5, 0.6) is 5.75 Å². The lowest BCUT2D eigenvalue weighted by atomic mass is 9.96. The summed E-state index contributed by atoms with van der Waals surface area (Å²) < 4.78 is 11.1. The summed E-state index contributed by atoms with van der Waals surface area (Å²) in [7, 11) is 1.62. The smallest absolute Gasteiger partial charge is 0.252 e.